The lowest BCUT2D eigenvalue weighted by Crippen LogP contribution is -2.33. The zero-order chi connectivity index (χ0) is 20.1. The van der Waals surface area contributed by atoms with E-state index in [0.717, 1.165) is 21.7 Å². The smallest absolute Gasteiger partial charge is 0.207 e. The number of rotatable bonds is 3. The molecule has 0 saturated carbocycles. The van der Waals surface area contributed by atoms with Gasteiger partial charge in [0.15, 0.2) is 0 Å². The molecular weight excluding hydrogens is 383 g/mol. The van der Waals surface area contributed by atoms with Gasteiger partial charge in [-0.05, 0) is 53.6 Å². The van der Waals surface area contributed by atoms with Crippen molar-refractivity contribution in [3.8, 4) is 11.1 Å². The van der Waals surface area contributed by atoms with Crippen molar-refractivity contribution in [2.75, 3.05) is 0 Å². The number of hydrogen-bond acceptors (Lipinski definition) is 2. The van der Waals surface area contributed by atoms with Gasteiger partial charge in [-0.3, -0.25) is 0 Å². The number of sulfone groups is 1. The van der Waals surface area contributed by atoms with Crippen molar-refractivity contribution in [3.63, 3.8) is 0 Å². The van der Waals surface area contributed by atoms with Gasteiger partial charge in [-0.25, -0.2) is 8.42 Å². The molecule has 0 aromatic heterocycles. The average Bonchev–Trinajstić information content (AvgIpc) is 2.67. The molecule has 0 amide bonds. The molecule has 1 aliphatic heterocycles. The molecule has 1 unspecified atom stereocenters. The Bertz CT molecular complexity index is 1130. The lowest BCUT2D eigenvalue weighted by molar-refractivity contribution is 0.597. The fraction of sp³-hybridized carbons (Fsp3) is 0.250. The lowest BCUT2D eigenvalue weighted by Gasteiger charge is -2.34. The Hall–Kier alpha value is -1.96. The average molecular weight is 409 g/mol. The molecule has 0 bridgehead atoms. The molecule has 0 fully saturated rings. The summed E-state index contributed by atoms with van der Waals surface area (Å²) < 4.78 is 27.1. The molecule has 0 aliphatic carbocycles. The van der Waals surface area contributed by atoms with E-state index in [0.29, 0.717) is 21.4 Å². The van der Waals surface area contributed by atoms with Crippen LogP contribution >= 0.6 is 7.92 Å². The third-order valence-electron chi connectivity index (χ3n) is 5.32. The lowest BCUT2D eigenvalue weighted by atomic mass is 9.92. The highest BCUT2D eigenvalue weighted by molar-refractivity contribution is 7.94. The van der Waals surface area contributed by atoms with Crippen LogP contribution in [0.1, 0.15) is 39.2 Å². The highest BCUT2D eigenvalue weighted by atomic mass is 32.2. The minimum atomic E-state index is -3.52. The second-order valence-corrected chi connectivity index (χ2v) is 12.4. The van der Waals surface area contributed by atoms with E-state index in [1.165, 1.54) is 5.56 Å². The van der Waals surface area contributed by atoms with E-state index < -0.39 is 17.8 Å². The van der Waals surface area contributed by atoms with Gasteiger partial charge in [-0.1, -0.05) is 82.3 Å². The molecule has 3 aromatic carbocycles. The zero-order valence-electron chi connectivity index (χ0n) is 16.7. The summed E-state index contributed by atoms with van der Waals surface area (Å²) in [5, 5.41) is 2.01. The van der Waals surface area contributed by atoms with E-state index in [9.17, 15) is 8.42 Å². The van der Waals surface area contributed by atoms with Gasteiger partial charge in [-0.15, -0.1) is 0 Å². The summed E-state index contributed by atoms with van der Waals surface area (Å²) in [6, 6.07) is 21.7. The molecule has 0 saturated heterocycles. The summed E-state index contributed by atoms with van der Waals surface area (Å²) >= 11 is 0. The number of fused-ring (bicyclic) bond motifs is 2. The van der Waals surface area contributed by atoms with Crippen LogP contribution in [0.3, 0.4) is 0 Å². The maximum absolute atomic E-state index is 13.5. The van der Waals surface area contributed by atoms with Gasteiger partial charge in [0.05, 0.1) is 9.79 Å². The quantitative estimate of drug-likeness (QED) is 0.539. The first-order valence-electron chi connectivity index (χ1n) is 9.69. The Morgan fingerprint density at radius 3 is 2.04 bits per heavy atom. The predicted octanol–water partition coefficient (Wildman–Crippen LogP) is 5.46. The summed E-state index contributed by atoms with van der Waals surface area (Å²) in [5.74, 6) is 0.310. The fourth-order valence-electron chi connectivity index (χ4n) is 4.09. The standard InChI is InChI=1S/C24H25O2PS/c1-16(2)19-14-15-22-24(23(19)18-10-6-5-7-11-18)27(17(3)4)20-12-8-9-13-21(20)28(22,25)26/h5-17H,1-4H3. The van der Waals surface area contributed by atoms with E-state index in [1.54, 1.807) is 6.07 Å². The van der Waals surface area contributed by atoms with Crippen LogP contribution in [0.4, 0.5) is 0 Å². The number of hydrogen-bond donors (Lipinski definition) is 0. The maximum Gasteiger partial charge on any atom is 0.207 e. The molecule has 4 heteroatoms. The first kappa shape index (κ1) is 19.4. The summed E-state index contributed by atoms with van der Waals surface area (Å²) in [7, 11) is -4.31. The third kappa shape index (κ3) is 2.93. The summed E-state index contributed by atoms with van der Waals surface area (Å²) in [4.78, 5) is 0.980. The molecule has 3 aromatic rings. The molecule has 1 atom stereocenters. The largest absolute Gasteiger partial charge is 0.218 e. The SMILES string of the molecule is CC(C)c1ccc2c(c1-c1ccccc1)P(C(C)C)c1ccccc1S2(=O)=O. The van der Waals surface area contributed by atoms with Gasteiger partial charge in [-0.2, -0.15) is 0 Å². The predicted molar refractivity (Wildman–Crippen MR) is 119 cm³/mol. The van der Waals surface area contributed by atoms with Gasteiger partial charge in [0.1, 0.15) is 0 Å². The molecule has 0 spiro atoms. The minimum absolute atomic E-state index is 0.310. The fourth-order valence-corrected chi connectivity index (χ4v) is 9.53. The molecular formula is C24H25O2PS. The van der Waals surface area contributed by atoms with Crippen LogP contribution in [0.2, 0.25) is 0 Å². The van der Waals surface area contributed by atoms with E-state index >= 15 is 0 Å². The van der Waals surface area contributed by atoms with Crippen LogP contribution in [0.25, 0.3) is 11.1 Å². The van der Waals surface area contributed by atoms with Crippen molar-refractivity contribution in [1.82, 2.24) is 0 Å². The number of benzene rings is 3. The van der Waals surface area contributed by atoms with Gasteiger partial charge >= 0.3 is 0 Å². The summed E-state index contributed by atoms with van der Waals surface area (Å²) in [6.45, 7) is 8.77. The Morgan fingerprint density at radius 1 is 0.750 bits per heavy atom. The van der Waals surface area contributed by atoms with Gasteiger partial charge < -0.3 is 0 Å². The van der Waals surface area contributed by atoms with Crippen LogP contribution in [0.5, 0.6) is 0 Å². The Morgan fingerprint density at radius 2 is 1.39 bits per heavy atom. The maximum atomic E-state index is 13.5. The van der Waals surface area contributed by atoms with Crippen LogP contribution in [-0.2, 0) is 9.84 Å². The van der Waals surface area contributed by atoms with Crippen molar-refractivity contribution in [2.45, 2.75) is 49.1 Å². The van der Waals surface area contributed by atoms with E-state index in [-0.39, 0.29) is 0 Å². The van der Waals surface area contributed by atoms with Crippen LogP contribution in [0.15, 0.2) is 76.5 Å². The second-order valence-electron chi connectivity index (χ2n) is 7.83. The first-order chi connectivity index (χ1) is 13.3. The molecule has 0 N–H and O–H groups in total. The van der Waals surface area contributed by atoms with Gasteiger partial charge in [0.25, 0.3) is 0 Å². The summed E-state index contributed by atoms with van der Waals surface area (Å²) in [5.41, 5.74) is 3.78. The van der Waals surface area contributed by atoms with E-state index in [2.05, 4.69) is 39.8 Å². The highest BCUT2D eigenvalue weighted by Gasteiger charge is 2.39. The minimum Gasteiger partial charge on any atom is -0.218 e. The van der Waals surface area contributed by atoms with Gasteiger partial charge in [0, 0.05) is 5.30 Å². The molecule has 2 nitrogen and oxygen atoms in total. The highest BCUT2D eigenvalue weighted by Crippen LogP contribution is 2.50. The zero-order valence-corrected chi connectivity index (χ0v) is 18.4. The van der Waals surface area contributed by atoms with Crippen molar-refractivity contribution >= 4 is 28.4 Å². The Kier molecular flexibility index (Phi) is 4.93. The molecule has 1 heterocycles. The van der Waals surface area contributed by atoms with Crippen molar-refractivity contribution in [1.29, 1.82) is 0 Å². The van der Waals surface area contributed by atoms with Crippen LogP contribution in [0, 0.1) is 0 Å². The second kappa shape index (κ2) is 7.13. The summed E-state index contributed by atoms with van der Waals surface area (Å²) in [6.07, 6.45) is 0. The third-order valence-corrected chi connectivity index (χ3v) is 10.4. The molecule has 4 rings (SSSR count). The Labute approximate surface area is 169 Å². The van der Waals surface area contributed by atoms with E-state index in [4.69, 9.17) is 0 Å². The van der Waals surface area contributed by atoms with Crippen molar-refractivity contribution < 1.29 is 8.42 Å². The molecule has 0 radical (unpaired) electrons. The molecule has 1 aliphatic rings. The topological polar surface area (TPSA) is 34.1 Å². The molecule has 28 heavy (non-hydrogen) atoms. The monoisotopic (exact) mass is 408 g/mol. The van der Waals surface area contributed by atoms with Crippen LogP contribution in [-0.4, -0.2) is 14.1 Å². The normalized spacial score (nSPS) is 17.4. The van der Waals surface area contributed by atoms with Crippen molar-refractivity contribution in [2.24, 2.45) is 0 Å². The first-order valence-corrected chi connectivity index (χ1v) is 12.6. The van der Waals surface area contributed by atoms with Crippen LogP contribution < -0.4 is 10.6 Å². The van der Waals surface area contributed by atoms with Gasteiger partial charge in [0.2, 0.25) is 9.84 Å². The molecule has 144 valence electrons. The van der Waals surface area contributed by atoms with E-state index in [1.807, 2.05) is 48.5 Å². The van der Waals surface area contributed by atoms with Crippen molar-refractivity contribution in [3.05, 3.63) is 72.3 Å². The Balaban J connectivity index is 2.17.